The topological polar surface area (TPSA) is 59.8 Å². The van der Waals surface area contributed by atoms with E-state index >= 15 is 0 Å². The lowest BCUT2D eigenvalue weighted by Gasteiger charge is -2.31. The molecule has 2 heterocycles. The summed E-state index contributed by atoms with van der Waals surface area (Å²) >= 11 is 5.99. The van der Waals surface area contributed by atoms with Crippen LogP contribution in [0.2, 0.25) is 5.02 Å². The van der Waals surface area contributed by atoms with Crippen LogP contribution >= 0.6 is 11.6 Å². The molecule has 1 aliphatic heterocycles. The lowest BCUT2D eigenvalue weighted by molar-refractivity contribution is -0.127. The van der Waals surface area contributed by atoms with Gasteiger partial charge in [0, 0.05) is 18.0 Å². The second-order valence-electron chi connectivity index (χ2n) is 6.27. The predicted molar refractivity (Wildman–Crippen MR) is 93.9 cm³/mol. The minimum atomic E-state index is -0.543. The van der Waals surface area contributed by atoms with Crippen molar-refractivity contribution in [2.45, 2.75) is 58.0 Å². The van der Waals surface area contributed by atoms with E-state index in [0.29, 0.717) is 11.6 Å². The Hall–Kier alpha value is -1.88. The Kier molecular flexibility index (Phi) is 4.90. The number of nitrogens with zero attached hydrogens (tertiary/aromatic N) is 3. The van der Waals surface area contributed by atoms with E-state index in [-0.39, 0.29) is 5.91 Å². The predicted octanol–water partition coefficient (Wildman–Crippen LogP) is 3.25. The monoisotopic (exact) mass is 346 g/mol. The molecule has 1 aromatic carbocycles. The first-order chi connectivity index (χ1) is 11.6. The van der Waals surface area contributed by atoms with Crippen LogP contribution in [0.5, 0.6) is 0 Å². The maximum absolute atomic E-state index is 13.0. The molecule has 6 heteroatoms. The van der Waals surface area contributed by atoms with Crippen LogP contribution in [0.25, 0.3) is 0 Å². The highest BCUT2D eigenvalue weighted by Gasteiger charge is 2.36. The lowest BCUT2D eigenvalue weighted by Crippen LogP contribution is -2.43. The van der Waals surface area contributed by atoms with Gasteiger partial charge in [-0.3, -0.25) is 4.79 Å². The summed E-state index contributed by atoms with van der Waals surface area (Å²) in [5.41, 5.74) is 0.458. The van der Waals surface area contributed by atoms with Crippen molar-refractivity contribution in [1.82, 2.24) is 20.1 Å². The average Bonchev–Trinajstić information content (AvgIpc) is 3.20. The van der Waals surface area contributed by atoms with Crippen molar-refractivity contribution in [3.63, 3.8) is 0 Å². The summed E-state index contributed by atoms with van der Waals surface area (Å²) in [4.78, 5) is 13.0. The third-order valence-electron chi connectivity index (χ3n) is 5.13. The molecule has 0 fully saturated rings. The van der Waals surface area contributed by atoms with Crippen LogP contribution in [0.15, 0.2) is 24.3 Å². The normalized spacial score (nSPS) is 13.8. The van der Waals surface area contributed by atoms with Gasteiger partial charge >= 0.3 is 0 Å². The highest BCUT2D eigenvalue weighted by molar-refractivity contribution is 6.30. The van der Waals surface area contributed by atoms with Crippen molar-refractivity contribution < 1.29 is 4.79 Å². The van der Waals surface area contributed by atoms with Gasteiger partial charge in [0.15, 0.2) is 5.82 Å². The minimum absolute atomic E-state index is 0.0326. The Morgan fingerprint density at radius 3 is 2.62 bits per heavy atom. The van der Waals surface area contributed by atoms with Gasteiger partial charge in [-0.15, -0.1) is 10.2 Å². The van der Waals surface area contributed by atoms with Crippen molar-refractivity contribution in [1.29, 1.82) is 0 Å². The van der Waals surface area contributed by atoms with Crippen molar-refractivity contribution in [2.75, 3.05) is 0 Å². The number of nitrogens with one attached hydrogen (secondary N) is 1. The summed E-state index contributed by atoms with van der Waals surface area (Å²) in [6, 6.07) is 7.58. The molecule has 0 radical (unpaired) electrons. The van der Waals surface area contributed by atoms with Crippen LogP contribution < -0.4 is 5.32 Å². The molecule has 3 rings (SSSR count). The van der Waals surface area contributed by atoms with E-state index in [9.17, 15) is 4.79 Å². The summed E-state index contributed by atoms with van der Waals surface area (Å²) in [5, 5.41) is 12.2. The molecule has 1 N–H and O–H groups in total. The van der Waals surface area contributed by atoms with Gasteiger partial charge in [-0.05, 0) is 37.0 Å². The molecule has 1 aliphatic rings. The smallest absolute Gasteiger partial charge is 0.231 e. The zero-order valence-electron chi connectivity index (χ0n) is 14.2. The Bertz CT molecular complexity index is 719. The van der Waals surface area contributed by atoms with Crippen molar-refractivity contribution >= 4 is 17.5 Å². The number of aryl methyl sites for hydroxylation is 1. The van der Waals surface area contributed by atoms with E-state index in [0.717, 1.165) is 49.4 Å². The number of aromatic nitrogens is 3. The number of amides is 1. The lowest BCUT2D eigenvalue weighted by atomic mass is 9.75. The van der Waals surface area contributed by atoms with Crippen LogP contribution in [0.1, 0.15) is 50.3 Å². The first-order valence-electron chi connectivity index (χ1n) is 8.56. The van der Waals surface area contributed by atoms with Gasteiger partial charge in [0.25, 0.3) is 0 Å². The molecule has 24 heavy (non-hydrogen) atoms. The molecule has 0 saturated heterocycles. The number of carbonyl (C=O) groups excluding carboxylic acids is 1. The third-order valence-corrected chi connectivity index (χ3v) is 5.38. The summed E-state index contributed by atoms with van der Waals surface area (Å²) in [6.07, 6.45) is 3.54. The Morgan fingerprint density at radius 2 is 1.96 bits per heavy atom. The maximum Gasteiger partial charge on any atom is 0.231 e. The van der Waals surface area contributed by atoms with E-state index < -0.39 is 5.41 Å². The van der Waals surface area contributed by atoms with E-state index in [1.165, 1.54) is 0 Å². The SMILES string of the molecule is CCC(CC)(C(=O)NCc1nnc2n1CCC2)c1ccc(Cl)cc1. The number of hydrogen-bond donors (Lipinski definition) is 1. The summed E-state index contributed by atoms with van der Waals surface area (Å²) in [5.74, 6) is 1.90. The van der Waals surface area contributed by atoms with Crippen LogP contribution in [0.3, 0.4) is 0 Å². The Labute approximate surface area is 147 Å². The fraction of sp³-hybridized carbons (Fsp3) is 0.500. The van der Waals surface area contributed by atoms with E-state index in [1.807, 2.05) is 38.1 Å². The molecular formula is C18H23ClN4O. The van der Waals surface area contributed by atoms with E-state index in [4.69, 9.17) is 11.6 Å². The summed E-state index contributed by atoms with van der Waals surface area (Å²) < 4.78 is 2.11. The van der Waals surface area contributed by atoms with Gasteiger partial charge in [0.05, 0.1) is 12.0 Å². The van der Waals surface area contributed by atoms with Gasteiger partial charge in [0.1, 0.15) is 5.82 Å². The van der Waals surface area contributed by atoms with Crippen LogP contribution in [0.4, 0.5) is 0 Å². The number of hydrogen-bond acceptors (Lipinski definition) is 3. The number of halogens is 1. The zero-order chi connectivity index (χ0) is 17.2. The number of rotatable bonds is 6. The molecule has 0 aliphatic carbocycles. The van der Waals surface area contributed by atoms with Crippen molar-refractivity contribution in [3.05, 3.63) is 46.5 Å². The molecule has 0 atom stereocenters. The molecule has 0 spiro atoms. The molecule has 2 aromatic rings. The first kappa shape index (κ1) is 17.0. The Morgan fingerprint density at radius 1 is 1.25 bits per heavy atom. The second-order valence-corrected chi connectivity index (χ2v) is 6.70. The molecule has 1 aromatic heterocycles. The molecule has 1 amide bonds. The minimum Gasteiger partial charge on any atom is -0.348 e. The van der Waals surface area contributed by atoms with Gasteiger partial charge in [-0.25, -0.2) is 0 Å². The Balaban J connectivity index is 1.78. The summed E-state index contributed by atoms with van der Waals surface area (Å²) in [7, 11) is 0. The zero-order valence-corrected chi connectivity index (χ0v) is 14.9. The van der Waals surface area contributed by atoms with Gasteiger partial charge in [-0.1, -0.05) is 37.6 Å². The van der Waals surface area contributed by atoms with Gasteiger partial charge in [-0.2, -0.15) is 0 Å². The highest BCUT2D eigenvalue weighted by atomic mass is 35.5. The third kappa shape index (κ3) is 2.93. The molecule has 0 bridgehead atoms. The average molecular weight is 347 g/mol. The van der Waals surface area contributed by atoms with Crippen LogP contribution in [-0.4, -0.2) is 20.7 Å². The maximum atomic E-state index is 13.0. The molecule has 0 saturated carbocycles. The second kappa shape index (κ2) is 6.93. The van der Waals surface area contributed by atoms with Gasteiger partial charge < -0.3 is 9.88 Å². The highest BCUT2D eigenvalue weighted by Crippen LogP contribution is 2.33. The van der Waals surface area contributed by atoms with Crippen molar-refractivity contribution in [2.24, 2.45) is 0 Å². The van der Waals surface area contributed by atoms with E-state index in [1.54, 1.807) is 0 Å². The van der Waals surface area contributed by atoms with Crippen molar-refractivity contribution in [3.8, 4) is 0 Å². The molecule has 5 nitrogen and oxygen atoms in total. The first-order valence-corrected chi connectivity index (χ1v) is 8.94. The molecule has 128 valence electrons. The standard InChI is InChI=1S/C18H23ClN4O/c1-3-18(4-2,13-7-9-14(19)10-8-13)17(24)20-12-16-22-21-15-6-5-11-23(15)16/h7-10H,3-6,11-12H2,1-2H3,(H,20,24). The van der Waals surface area contributed by atoms with Crippen LogP contribution in [-0.2, 0) is 29.7 Å². The number of fused-ring (bicyclic) bond motifs is 1. The molecule has 0 unspecified atom stereocenters. The summed E-state index contributed by atoms with van der Waals surface area (Å²) in [6.45, 7) is 5.46. The fourth-order valence-corrected chi connectivity index (χ4v) is 3.68. The largest absolute Gasteiger partial charge is 0.348 e. The van der Waals surface area contributed by atoms with Crippen LogP contribution in [0, 0.1) is 0 Å². The quantitative estimate of drug-likeness (QED) is 0.873. The fourth-order valence-electron chi connectivity index (χ4n) is 3.55. The molecular weight excluding hydrogens is 324 g/mol. The number of benzene rings is 1. The number of carbonyl (C=O) groups is 1. The van der Waals surface area contributed by atoms with E-state index in [2.05, 4.69) is 20.1 Å². The van der Waals surface area contributed by atoms with Gasteiger partial charge in [0.2, 0.25) is 5.91 Å².